The predicted molar refractivity (Wildman–Crippen MR) is 118 cm³/mol. The van der Waals surface area contributed by atoms with E-state index in [4.69, 9.17) is 4.98 Å². The molecule has 5 rings (SSSR count). The van der Waals surface area contributed by atoms with Gasteiger partial charge in [-0.3, -0.25) is 14.7 Å². The zero-order chi connectivity index (χ0) is 22.1. The quantitative estimate of drug-likeness (QED) is 0.576. The van der Waals surface area contributed by atoms with E-state index < -0.39 is 5.91 Å². The van der Waals surface area contributed by atoms with Crippen LogP contribution in [0.15, 0.2) is 54.4 Å². The Kier molecular flexibility index (Phi) is 5.14. The van der Waals surface area contributed by atoms with Gasteiger partial charge in [0.1, 0.15) is 5.82 Å². The molecule has 1 saturated carbocycles. The van der Waals surface area contributed by atoms with Crippen LogP contribution in [0.1, 0.15) is 58.9 Å². The van der Waals surface area contributed by atoms with E-state index in [1.165, 1.54) is 0 Å². The Morgan fingerprint density at radius 2 is 1.97 bits per heavy atom. The molecule has 2 aliphatic rings. The summed E-state index contributed by atoms with van der Waals surface area (Å²) in [5, 5.41) is 15.7. The fraction of sp³-hybridized carbons (Fsp3) is 0.261. The highest BCUT2D eigenvalue weighted by Crippen LogP contribution is 2.27. The Balaban J connectivity index is 1.34. The van der Waals surface area contributed by atoms with Crippen molar-refractivity contribution in [1.29, 1.82) is 0 Å². The van der Waals surface area contributed by atoms with Gasteiger partial charge < -0.3 is 15.2 Å². The molecule has 3 aromatic rings. The monoisotopic (exact) mass is 429 g/mol. The first kappa shape index (κ1) is 19.9. The van der Waals surface area contributed by atoms with Crippen LogP contribution in [0.2, 0.25) is 0 Å². The van der Waals surface area contributed by atoms with E-state index >= 15 is 0 Å². The summed E-state index contributed by atoms with van der Waals surface area (Å²) >= 11 is 0. The van der Waals surface area contributed by atoms with Crippen molar-refractivity contribution in [3.05, 3.63) is 71.6 Å². The molecule has 1 aliphatic heterocycles. The molecule has 1 fully saturated rings. The standard InChI is InChI=1S/C23H23N7O2/c1-14-7-8-17(11-12-30-13-18(26-21(14)30)15-5-3-2-4-6-15)25-23(32)20-19(27-29-28-20)22(31)24-16-9-10-16/h2-6,8,11-14,16H,7,9-10H2,1H3,(H,24,31)(H,25,32)(H,27,28,29)/b12-11-,17-8-. The van der Waals surface area contributed by atoms with Crippen LogP contribution in [0.5, 0.6) is 0 Å². The smallest absolute Gasteiger partial charge is 0.278 e. The highest BCUT2D eigenvalue weighted by molar-refractivity contribution is 6.05. The molecule has 1 aromatic carbocycles. The number of carbonyl (C=O) groups excluding carboxylic acids is 2. The molecule has 3 N–H and O–H groups in total. The zero-order valence-corrected chi connectivity index (χ0v) is 17.6. The minimum Gasteiger partial charge on any atom is -0.348 e. The number of imidazole rings is 1. The van der Waals surface area contributed by atoms with Gasteiger partial charge in [0, 0.05) is 35.6 Å². The van der Waals surface area contributed by atoms with E-state index in [0.29, 0.717) is 12.1 Å². The molecule has 9 heteroatoms. The highest BCUT2D eigenvalue weighted by Gasteiger charge is 2.28. The van der Waals surface area contributed by atoms with E-state index in [9.17, 15) is 9.59 Å². The van der Waals surface area contributed by atoms with Crippen molar-refractivity contribution < 1.29 is 9.59 Å². The third kappa shape index (κ3) is 4.09. The van der Waals surface area contributed by atoms with Gasteiger partial charge in [-0.15, -0.1) is 5.10 Å². The lowest BCUT2D eigenvalue weighted by Crippen LogP contribution is -2.30. The maximum absolute atomic E-state index is 12.8. The van der Waals surface area contributed by atoms with Crippen LogP contribution in [-0.4, -0.2) is 42.8 Å². The lowest BCUT2D eigenvalue weighted by atomic mass is 10.1. The number of carbonyl (C=O) groups is 2. The molecule has 1 unspecified atom stereocenters. The molecule has 9 nitrogen and oxygen atoms in total. The van der Waals surface area contributed by atoms with Gasteiger partial charge in [-0.2, -0.15) is 0 Å². The van der Waals surface area contributed by atoms with E-state index in [0.717, 1.165) is 29.9 Å². The number of allylic oxidation sites excluding steroid dienone is 2. The number of hydrogen-bond donors (Lipinski definition) is 3. The second kappa shape index (κ2) is 8.26. The third-order valence-corrected chi connectivity index (χ3v) is 5.54. The molecule has 1 aliphatic carbocycles. The molecule has 2 amide bonds. The van der Waals surface area contributed by atoms with Crippen LogP contribution in [0, 0.1) is 0 Å². The number of amides is 2. The number of hydrogen-bond acceptors (Lipinski definition) is 5. The largest absolute Gasteiger partial charge is 0.348 e. The second-order valence-corrected chi connectivity index (χ2v) is 8.11. The predicted octanol–water partition coefficient (Wildman–Crippen LogP) is 2.85. The SMILES string of the molecule is CC1C/C=C(NC(=O)c2nn[nH]c2C(=O)NC2CC2)/C=C\n2cc(-c3ccccc3)nc21. The van der Waals surface area contributed by atoms with Gasteiger partial charge >= 0.3 is 0 Å². The van der Waals surface area contributed by atoms with Crippen LogP contribution in [0.3, 0.4) is 0 Å². The minimum absolute atomic E-state index is 0.0257. The van der Waals surface area contributed by atoms with Gasteiger partial charge in [-0.1, -0.05) is 48.5 Å². The molecule has 0 saturated heterocycles. The van der Waals surface area contributed by atoms with Gasteiger partial charge in [0.05, 0.1) is 5.69 Å². The van der Waals surface area contributed by atoms with Crippen LogP contribution in [-0.2, 0) is 0 Å². The second-order valence-electron chi connectivity index (χ2n) is 8.11. The third-order valence-electron chi connectivity index (χ3n) is 5.54. The van der Waals surface area contributed by atoms with Crippen LogP contribution in [0.4, 0.5) is 0 Å². The molecule has 0 spiro atoms. The molecule has 0 radical (unpaired) electrons. The lowest BCUT2D eigenvalue weighted by Gasteiger charge is -2.14. The number of nitrogens with zero attached hydrogens (tertiary/aromatic N) is 4. The summed E-state index contributed by atoms with van der Waals surface area (Å²) in [5.74, 6) is 0.253. The molecular weight excluding hydrogens is 406 g/mol. The molecular formula is C23H23N7O2. The van der Waals surface area contributed by atoms with E-state index in [1.54, 1.807) is 0 Å². The Morgan fingerprint density at radius 3 is 2.75 bits per heavy atom. The number of nitrogens with one attached hydrogen (secondary N) is 3. The first-order valence-corrected chi connectivity index (χ1v) is 10.6. The highest BCUT2D eigenvalue weighted by atomic mass is 16.2. The molecule has 3 heterocycles. The molecule has 2 aromatic heterocycles. The zero-order valence-electron chi connectivity index (χ0n) is 17.6. The lowest BCUT2D eigenvalue weighted by molar-refractivity contribution is 0.0918. The Hall–Kier alpha value is -4.01. The molecule has 0 bridgehead atoms. The summed E-state index contributed by atoms with van der Waals surface area (Å²) in [4.78, 5) is 30.0. The van der Waals surface area contributed by atoms with Crippen LogP contribution in [0.25, 0.3) is 17.5 Å². The molecule has 1 atom stereocenters. The number of benzene rings is 1. The van der Waals surface area contributed by atoms with E-state index in [2.05, 4.69) is 33.0 Å². The molecule has 162 valence electrons. The van der Waals surface area contributed by atoms with Crippen LogP contribution < -0.4 is 10.6 Å². The molecule has 32 heavy (non-hydrogen) atoms. The van der Waals surface area contributed by atoms with Gasteiger partial charge in [0.2, 0.25) is 0 Å². The summed E-state index contributed by atoms with van der Waals surface area (Å²) in [6.07, 6.45) is 10.2. The average Bonchev–Trinajstić information content (AvgIpc) is 3.30. The topological polar surface area (TPSA) is 118 Å². The van der Waals surface area contributed by atoms with Crippen molar-refractivity contribution in [2.45, 2.75) is 38.1 Å². The van der Waals surface area contributed by atoms with Gasteiger partial charge in [0.25, 0.3) is 11.8 Å². The van der Waals surface area contributed by atoms with Crippen molar-refractivity contribution in [2.75, 3.05) is 0 Å². The Bertz CT molecular complexity index is 1220. The fourth-order valence-corrected chi connectivity index (χ4v) is 3.59. The summed E-state index contributed by atoms with van der Waals surface area (Å²) < 4.78 is 1.98. The number of H-pyrrole nitrogens is 1. The Morgan fingerprint density at radius 1 is 1.16 bits per heavy atom. The summed E-state index contributed by atoms with van der Waals surface area (Å²) in [6, 6.07) is 10.2. The van der Waals surface area contributed by atoms with E-state index in [-0.39, 0.29) is 29.3 Å². The Labute approximate surface area is 184 Å². The van der Waals surface area contributed by atoms with Gasteiger partial charge in [-0.25, -0.2) is 4.98 Å². The van der Waals surface area contributed by atoms with Crippen molar-refractivity contribution in [3.63, 3.8) is 0 Å². The fourth-order valence-electron chi connectivity index (χ4n) is 3.59. The van der Waals surface area contributed by atoms with Crippen molar-refractivity contribution in [1.82, 2.24) is 35.6 Å². The minimum atomic E-state index is -0.486. The normalized spacial score (nSPS) is 20.3. The van der Waals surface area contributed by atoms with Gasteiger partial charge in [-0.05, 0) is 25.3 Å². The summed E-state index contributed by atoms with van der Waals surface area (Å²) in [6.45, 7) is 2.10. The van der Waals surface area contributed by atoms with Crippen molar-refractivity contribution >= 4 is 18.0 Å². The van der Waals surface area contributed by atoms with Crippen molar-refractivity contribution in [2.24, 2.45) is 0 Å². The van der Waals surface area contributed by atoms with E-state index in [1.807, 2.05) is 59.4 Å². The summed E-state index contributed by atoms with van der Waals surface area (Å²) in [7, 11) is 0. The summed E-state index contributed by atoms with van der Waals surface area (Å²) in [5.41, 5.74) is 2.62. The number of aromatic amines is 1. The number of rotatable bonds is 5. The maximum atomic E-state index is 12.8. The number of fused-ring (bicyclic) bond motifs is 1. The average molecular weight is 429 g/mol. The first-order chi connectivity index (χ1) is 15.6. The van der Waals surface area contributed by atoms with Crippen molar-refractivity contribution in [3.8, 4) is 11.3 Å². The number of aromatic nitrogens is 5. The van der Waals surface area contributed by atoms with Gasteiger partial charge in [0.15, 0.2) is 11.4 Å². The first-order valence-electron chi connectivity index (χ1n) is 10.6. The maximum Gasteiger partial charge on any atom is 0.278 e. The van der Waals surface area contributed by atoms with Crippen LogP contribution >= 0.6 is 0 Å².